The quantitative estimate of drug-likeness (QED) is 0.186. The van der Waals surface area contributed by atoms with Crippen LogP contribution >= 0.6 is 11.3 Å². The van der Waals surface area contributed by atoms with Crippen LogP contribution in [0.2, 0.25) is 0 Å². The van der Waals surface area contributed by atoms with Gasteiger partial charge in [-0.25, -0.2) is 9.97 Å². The highest BCUT2D eigenvalue weighted by Gasteiger charge is 2.20. The van der Waals surface area contributed by atoms with E-state index in [2.05, 4.69) is 138 Å². The Morgan fingerprint density at radius 1 is 0.442 bits per heavy atom. The van der Waals surface area contributed by atoms with Crippen LogP contribution in [0.5, 0.6) is 0 Å². The van der Waals surface area contributed by atoms with Gasteiger partial charge in [-0.2, -0.15) is 0 Å². The molecular weight excluding hydrogens is 659 g/mol. The Kier molecular flexibility index (Phi) is 5.59. The van der Waals surface area contributed by atoms with Gasteiger partial charge in [0.1, 0.15) is 22.3 Å². The van der Waals surface area contributed by atoms with E-state index in [-0.39, 0.29) is 0 Å². The summed E-state index contributed by atoms with van der Waals surface area (Å²) in [6.07, 6.45) is 0. The molecule has 5 heterocycles. The minimum absolute atomic E-state index is 0.682. The second-order valence-electron chi connectivity index (χ2n) is 13.3. The van der Waals surface area contributed by atoms with Gasteiger partial charge in [0.05, 0.1) is 26.9 Å². The van der Waals surface area contributed by atoms with Crippen LogP contribution in [-0.2, 0) is 0 Å². The molecule has 0 spiro atoms. The maximum atomic E-state index is 6.52. The Hall–Kier alpha value is -6.76. The molecule has 0 aliphatic carbocycles. The van der Waals surface area contributed by atoms with Crippen LogP contribution in [0.1, 0.15) is 0 Å². The van der Waals surface area contributed by atoms with E-state index in [4.69, 9.17) is 18.8 Å². The third-order valence-corrected chi connectivity index (χ3v) is 11.6. The van der Waals surface area contributed by atoms with Crippen LogP contribution in [-0.4, -0.2) is 14.5 Å². The largest absolute Gasteiger partial charge is 0.456 e. The number of aromatic nitrogens is 3. The summed E-state index contributed by atoms with van der Waals surface area (Å²) < 4.78 is 17.3. The molecule has 0 aliphatic heterocycles. The van der Waals surface area contributed by atoms with Crippen molar-refractivity contribution in [2.45, 2.75) is 0 Å². The van der Waals surface area contributed by atoms with E-state index in [1.165, 1.54) is 26.5 Å². The Morgan fingerprint density at radius 2 is 1.04 bits per heavy atom. The lowest BCUT2D eigenvalue weighted by atomic mass is 10.0. The molecule has 0 bridgehead atoms. The minimum Gasteiger partial charge on any atom is -0.456 e. The molecule has 242 valence electrons. The van der Waals surface area contributed by atoms with Crippen molar-refractivity contribution in [2.75, 3.05) is 0 Å². The molecule has 0 unspecified atom stereocenters. The zero-order chi connectivity index (χ0) is 33.9. The molecule has 0 atom stereocenters. The van der Waals surface area contributed by atoms with Crippen molar-refractivity contribution in [2.24, 2.45) is 0 Å². The van der Waals surface area contributed by atoms with Crippen LogP contribution in [0.25, 0.3) is 114 Å². The number of rotatable bonds is 3. The second-order valence-corrected chi connectivity index (χ2v) is 14.4. The van der Waals surface area contributed by atoms with Crippen LogP contribution in [0, 0.1) is 0 Å². The van der Waals surface area contributed by atoms with Gasteiger partial charge in [0, 0.05) is 65.3 Å². The zero-order valence-corrected chi connectivity index (χ0v) is 28.3. The number of hydrogen-bond donors (Lipinski definition) is 0. The van der Waals surface area contributed by atoms with Crippen LogP contribution in [0.4, 0.5) is 0 Å². The molecule has 0 N–H and O–H groups in total. The van der Waals surface area contributed by atoms with Gasteiger partial charge in [0.25, 0.3) is 0 Å². The van der Waals surface area contributed by atoms with Crippen molar-refractivity contribution in [1.82, 2.24) is 14.5 Å². The normalized spacial score (nSPS) is 12.2. The summed E-state index contributed by atoms with van der Waals surface area (Å²) in [4.78, 5) is 10.6. The smallest absolute Gasteiger partial charge is 0.160 e. The fourth-order valence-corrected chi connectivity index (χ4v) is 9.19. The minimum atomic E-state index is 0.682. The van der Waals surface area contributed by atoms with Crippen LogP contribution < -0.4 is 0 Å². The van der Waals surface area contributed by atoms with Gasteiger partial charge >= 0.3 is 0 Å². The number of furan rings is 2. The Labute approximate surface area is 299 Å². The topological polar surface area (TPSA) is 57.0 Å². The van der Waals surface area contributed by atoms with Gasteiger partial charge in [-0.3, -0.25) is 0 Å². The number of benzene rings is 7. The average molecular weight is 684 g/mol. The molecule has 0 aliphatic rings. The van der Waals surface area contributed by atoms with E-state index >= 15 is 0 Å². The molecule has 5 nitrogen and oxygen atoms in total. The van der Waals surface area contributed by atoms with E-state index in [1.807, 2.05) is 18.2 Å². The summed E-state index contributed by atoms with van der Waals surface area (Å²) in [6, 6.07) is 53.0. The highest BCUT2D eigenvalue weighted by Crippen LogP contribution is 2.42. The SMILES string of the molecule is c1ccc2c(c1)oc1ccc(-c3nc(-c4ccc5oc6cc(-n7c8ccccc8c8ccccc87)ccc6c5c4)nc4c3sc3ccccc34)cc12. The van der Waals surface area contributed by atoms with Crippen LogP contribution in [0.15, 0.2) is 160 Å². The van der Waals surface area contributed by atoms with E-state index in [9.17, 15) is 0 Å². The zero-order valence-electron chi connectivity index (χ0n) is 27.5. The summed E-state index contributed by atoms with van der Waals surface area (Å²) in [5.41, 5.74) is 10.7. The molecule has 0 radical (unpaired) electrons. The predicted octanol–water partition coefficient (Wildman–Crippen LogP) is 13.1. The summed E-state index contributed by atoms with van der Waals surface area (Å²) in [5, 5.41) is 7.87. The van der Waals surface area contributed by atoms with Crippen LogP contribution in [0.3, 0.4) is 0 Å². The molecule has 12 aromatic rings. The predicted molar refractivity (Wildman–Crippen MR) is 215 cm³/mol. The Bertz CT molecular complexity index is 3380. The van der Waals surface area contributed by atoms with Gasteiger partial charge in [0.15, 0.2) is 5.82 Å². The molecule has 6 heteroatoms. The highest BCUT2D eigenvalue weighted by atomic mass is 32.1. The standard InChI is InChI=1S/C46H25N3O2S/c1-5-13-36-29(9-1)30-10-2-6-14-37(30)49(36)28-19-20-32-35-24-27(18-22-40(35)51-41(32)25-28)46-47-43(45-44(48-46)33-12-4-8-16-42(33)52-45)26-17-21-39-34(23-26)31-11-3-7-15-38(31)50-39/h1-25H. The van der Waals surface area contributed by atoms with Crippen molar-refractivity contribution in [3.63, 3.8) is 0 Å². The maximum absolute atomic E-state index is 6.52. The molecular formula is C46H25N3O2S. The number of hydrogen-bond acceptors (Lipinski definition) is 5. The highest BCUT2D eigenvalue weighted by molar-refractivity contribution is 7.26. The second kappa shape index (κ2) is 10.4. The molecule has 0 amide bonds. The average Bonchev–Trinajstić information content (AvgIpc) is 3.95. The molecule has 7 aromatic carbocycles. The molecule has 52 heavy (non-hydrogen) atoms. The molecule has 5 aromatic heterocycles. The lowest BCUT2D eigenvalue weighted by Crippen LogP contribution is -1.93. The number of thiophene rings is 1. The van der Waals surface area contributed by atoms with Crippen molar-refractivity contribution in [1.29, 1.82) is 0 Å². The first-order chi connectivity index (χ1) is 25.7. The third kappa shape index (κ3) is 3.92. The van der Waals surface area contributed by atoms with Crippen molar-refractivity contribution < 1.29 is 8.83 Å². The maximum Gasteiger partial charge on any atom is 0.160 e. The van der Waals surface area contributed by atoms with Crippen molar-refractivity contribution in [3.05, 3.63) is 152 Å². The number of para-hydroxylation sites is 3. The first-order valence-electron chi connectivity index (χ1n) is 17.3. The Balaban J connectivity index is 1.05. The Morgan fingerprint density at radius 3 is 1.83 bits per heavy atom. The van der Waals surface area contributed by atoms with Gasteiger partial charge in [0.2, 0.25) is 0 Å². The fourth-order valence-electron chi connectivity index (χ4n) is 8.03. The monoisotopic (exact) mass is 683 g/mol. The lowest BCUT2D eigenvalue weighted by Gasteiger charge is -2.08. The number of fused-ring (bicyclic) bond motifs is 12. The number of nitrogens with zero attached hydrogens (tertiary/aromatic N) is 3. The van der Waals surface area contributed by atoms with Gasteiger partial charge in [-0.1, -0.05) is 72.8 Å². The summed E-state index contributed by atoms with van der Waals surface area (Å²) >= 11 is 1.74. The first kappa shape index (κ1) is 28.0. The molecule has 0 saturated heterocycles. The van der Waals surface area contributed by atoms with E-state index in [1.54, 1.807) is 11.3 Å². The van der Waals surface area contributed by atoms with E-state index in [0.717, 1.165) is 82.0 Å². The summed E-state index contributed by atoms with van der Waals surface area (Å²) in [7, 11) is 0. The molecule has 12 rings (SSSR count). The molecule has 0 saturated carbocycles. The van der Waals surface area contributed by atoms with Gasteiger partial charge in [-0.15, -0.1) is 11.3 Å². The van der Waals surface area contributed by atoms with Gasteiger partial charge in [-0.05, 0) is 72.8 Å². The van der Waals surface area contributed by atoms with E-state index in [0.29, 0.717) is 5.82 Å². The van der Waals surface area contributed by atoms with E-state index < -0.39 is 0 Å². The van der Waals surface area contributed by atoms with Crippen molar-refractivity contribution in [3.8, 4) is 28.3 Å². The fraction of sp³-hybridized carbons (Fsp3) is 0. The lowest BCUT2D eigenvalue weighted by molar-refractivity contribution is 0.668. The molecule has 0 fully saturated rings. The van der Waals surface area contributed by atoms with Crippen molar-refractivity contribution >= 4 is 97.3 Å². The summed E-state index contributed by atoms with van der Waals surface area (Å²) in [6.45, 7) is 0. The summed E-state index contributed by atoms with van der Waals surface area (Å²) in [5.74, 6) is 0.682. The third-order valence-electron chi connectivity index (χ3n) is 10.4. The van der Waals surface area contributed by atoms with Gasteiger partial charge < -0.3 is 13.4 Å². The first-order valence-corrected chi connectivity index (χ1v) is 18.1.